The third-order valence-electron chi connectivity index (χ3n) is 7.97. The van der Waals surface area contributed by atoms with Gasteiger partial charge in [0.05, 0.1) is 33.6 Å². The molecule has 42 heavy (non-hydrogen) atoms. The lowest BCUT2D eigenvalue weighted by Crippen LogP contribution is -2.30. The molecule has 2 aliphatic heterocycles. The van der Waals surface area contributed by atoms with Gasteiger partial charge in [0.2, 0.25) is 0 Å². The van der Waals surface area contributed by atoms with Gasteiger partial charge in [0.25, 0.3) is 23.6 Å². The Bertz CT molecular complexity index is 1690. The van der Waals surface area contributed by atoms with Crippen LogP contribution in [-0.2, 0) is 0 Å². The zero-order chi connectivity index (χ0) is 29.7. The Morgan fingerprint density at radius 1 is 0.500 bits per heavy atom. The molecule has 8 nitrogen and oxygen atoms in total. The summed E-state index contributed by atoms with van der Waals surface area (Å²) in [6.07, 6.45) is 0. The summed E-state index contributed by atoms with van der Waals surface area (Å²) in [4.78, 5) is 54.9. The number of hydrogen-bond donors (Lipinski definition) is 0. The molecule has 0 N–H and O–H groups in total. The third-order valence-corrected chi connectivity index (χ3v) is 7.97. The van der Waals surface area contributed by atoms with Crippen LogP contribution in [0.1, 0.15) is 63.7 Å². The quantitative estimate of drug-likeness (QED) is 0.204. The lowest BCUT2D eigenvalue weighted by Gasteiger charge is -2.17. The lowest BCUT2D eigenvalue weighted by molar-refractivity contribution is 0.0910. The molecule has 0 aliphatic carbocycles. The van der Waals surface area contributed by atoms with Crippen molar-refractivity contribution < 1.29 is 28.7 Å². The van der Waals surface area contributed by atoms with Crippen molar-refractivity contribution >= 4 is 35.0 Å². The van der Waals surface area contributed by atoms with E-state index in [4.69, 9.17) is 9.47 Å². The summed E-state index contributed by atoms with van der Waals surface area (Å²) in [7, 11) is 0. The van der Waals surface area contributed by atoms with Crippen LogP contribution in [-0.4, -0.2) is 36.8 Å². The zero-order valence-corrected chi connectivity index (χ0v) is 23.7. The van der Waals surface area contributed by atoms with Crippen molar-refractivity contribution in [3.8, 4) is 11.5 Å². The number of amides is 4. The minimum absolute atomic E-state index is 0.153. The monoisotopic (exact) mass is 560 g/mol. The lowest BCUT2D eigenvalue weighted by atomic mass is 10.1. The average Bonchev–Trinajstić information content (AvgIpc) is 3.37. The molecular weight excluding hydrogens is 532 g/mol. The van der Waals surface area contributed by atoms with Gasteiger partial charge in [-0.15, -0.1) is 0 Å². The van der Waals surface area contributed by atoms with Gasteiger partial charge in [-0.25, -0.2) is 9.80 Å². The van der Waals surface area contributed by atoms with Crippen molar-refractivity contribution in [1.82, 2.24) is 0 Å². The van der Waals surface area contributed by atoms with Crippen LogP contribution in [0.2, 0.25) is 0 Å². The molecule has 4 aromatic rings. The van der Waals surface area contributed by atoms with Gasteiger partial charge in [-0.2, -0.15) is 0 Å². The van der Waals surface area contributed by atoms with E-state index in [9.17, 15) is 19.2 Å². The zero-order valence-electron chi connectivity index (χ0n) is 23.7. The molecule has 0 saturated heterocycles. The van der Waals surface area contributed by atoms with E-state index in [2.05, 4.69) is 0 Å². The Labute approximate surface area is 243 Å². The maximum Gasteiger partial charge on any atom is 0.266 e. The molecule has 0 aromatic heterocycles. The highest BCUT2D eigenvalue weighted by molar-refractivity contribution is 6.35. The molecule has 2 aliphatic rings. The Morgan fingerprint density at radius 2 is 0.881 bits per heavy atom. The number of hydrogen-bond acceptors (Lipinski definition) is 6. The van der Waals surface area contributed by atoms with Gasteiger partial charge in [0.1, 0.15) is 24.7 Å². The first-order chi connectivity index (χ1) is 20.2. The predicted octanol–water partition coefficient (Wildman–Crippen LogP) is 5.98. The Morgan fingerprint density at radius 3 is 1.29 bits per heavy atom. The van der Waals surface area contributed by atoms with E-state index in [0.717, 1.165) is 22.3 Å². The van der Waals surface area contributed by atoms with Gasteiger partial charge in [-0.3, -0.25) is 19.2 Å². The molecular formula is C34H28N2O6. The number of imide groups is 2. The maximum absolute atomic E-state index is 13.2. The molecule has 4 amide bonds. The summed E-state index contributed by atoms with van der Waals surface area (Å²) in [5, 5.41) is 0. The van der Waals surface area contributed by atoms with Crippen LogP contribution < -0.4 is 19.3 Å². The van der Waals surface area contributed by atoms with E-state index in [1.165, 1.54) is 9.80 Å². The number of carbonyl (C=O) groups excluding carboxylic acids is 4. The third kappa shape index (κ3) is 4.32. The van der Waals surface area contributed by atoms with E-state index in [-0.39, 0.29) is 36.2 Å². The largest absolute Gasteiger partial charge is 0.490 e. The van der Waals surface area contributed by atoms with Gasteiger partial charge >= 0.3 is 0 Å². The van der Waals surface area contributed by atoms with Crippen LogP contribution in [0.25, 0.3) is 0 Å². The maximum atomic E-state index is 13.2. The Hall–Kier alpha value is -5.24. The number of aryl methyl sites for hydroxylation is 2. The topological polar surface area (TPSA) is 93.2 Å². The second kappa shape index (κ2) is 10.3. The van der Waals surface area contributed by atoms with Crippen molar-refractivity contribution in [3.05, 3.63) is 117 Å². The molecule has 0 radical (unpaired) electrons. The van der Waals surface area contributed by atoms with Crippen LogP contribution in [0.3, 0.4) is 0 Å². The number of carbonyl (C=O) groups is 4. The number of benzene rings is 4. The van der Waals surface area contributed by atoms with Crippen LogP contribution in [0, 0.1) is 27.7 Å². The van der Waals surface area contributed by atoms with Crippen LogP contribution in [0.4, 0.5) is 11.4 Å². The molecule has 4 aromatic carbocycles. The Kier molecular flexibility index (Phi) is 6.61. The predicted molar refractivity (Wildman–Crippen MR) is 158 cm³/mol. The number of ether oxygens (including phenoxy) is 2. The highest BCUT2D eigenvalue weighted by atomic mass is 16.5. The fourth-order valence-corrected chi connectivity index (χ4v) is 5.33. The molecule has 8 heteroatoms. The molecule has 0 bridgehead atoms. The Balaban J connectivity index is 1.11. The van der Waals surface area contributed by atoms with Crippen LogP contribution in [0.5, 0.6) is 11.5 Å². The summed E-state index contributed by atoms with van der Waals surface area (Å²) in [6, 6.07) is 20.7. The van der Waals surface area contributed by atoms with E-state index in [1.807, 2.05) is 52.0 Å². The van der Waals surface area contributed by atoms with Crippen molar-refractivity contribution in [2.75, 3.05) is 23.0 Å². The molecule has 0 unspecified atom stereocenters. The summed E-state index contributed by atoms with van der Waals surface area (Å²) >= 11 is 0. The number of nitrogens with zero attached hydrogens (tertiary/aromatic N) is 2. The fourth-order valence-electron chi connectivity index (χ4n) is 5.33. The van der Waals surface area contributed by atoms with Gasteiger partial charge in [0, 0.05) is 0 Å². The van der Waals surface area contributed by atoms with Gasteiger partial charge in [0.15, 0.2) is 0 Å². The second-order valence-corrected chi connectivity index (χ2v) is 10.4. The van der Waals surface area contributed by atoms with Crippen molar-refractivity contribution in [1.29, 1.82) is 0 Å². The highest BCUT2D eigenvalue weighted by Gasteiger charge is 2.39. The van der Waals surface area contributed by atoms with Crippen molar-refractivity contribution in [2.24, 2.45) is 0 Å². The number of anilines is 2. The number of rotatable bonds is 7. The van der Waals surface area contributed by atoms with Crippen LogP contribution in [0.15, 0.2) is 72.8 Å². The van der Waals surface area contributed by atoms with E-state index in [1.54, 1.807) is 48.5 Å². The molecule has 0 saturated carbocycles. The van der Waals surface area contributed by atoms with Crippen molar-refractivity contribution in [3.63, 3.8) is 0 Å². The fraction of sp³-hybridized carbons (Fsp3) is 0.176. The van der Waals surface area contributed by atoms with Gasteiger partial charge in [-0.1, -0.05) is 24.3 Å². The first-order valence-electron chi connectivity index (χ1n) is 13.6. The summed E-state index contributed by atoms with van der Waals surface area (Å²) < 4.78 is 11.6. The standard InChI is InChI=1S/C34H28N2O6/c1-19-7-5-9-29(21(19)3)35-31(37)25-13-11-23(17-27(25)33(35)39)41-15-16-42-24-12-14-26-28(18-24)34(40)36(32(26)38)30-10-6-8-20(2)22(30)4/h5-14,17-18H,15-16H2,1-4H3. The van der Waals surface area contributed by atoms with Gasteiger partial charge < -0.3 is 9.47 Å². The molecule has 6 rings (SSSR count). The molecule has 0 spiro atoms. The molecule has 210 valence electrons. The first kappa shape index (κ1) is 27.0. The second-order valence-electron chi connectivity index (χ2n) is 10.4. The van der Waals surface area contributed by atoms with Gasteiger partial charge in [-0.05, 0) is 98.5 Å². The summed E-state index contributed by atoms with van der Waals surface area (Å²) in [5.74, 6) is -0.644. The minimum Gasteiger partial charge on any atom is -0.490 e. The summed E-state index contributed by atoms with van der Waals surface area (Å²) in [5.41, 5.74) is 6.11. The van der Waals surface area contributed by atoms with E-state index < -0.39 is 11.8 Å². The van der Waals surface area contributed by atoms with E-state index >= 15 is 0 Å². The minimum atomic E-state index is -0.391. The highest BCUT2D eigenvalue weighted by Crippen LogP contribution is 2.35. The smallest absolute Gasteiger partial charge is 0.266 e. The molecule has 0 atom stereocenters. The number of fused-ring (bicyclic) bond motifs is 2. The van der Waals surface area contributed by atoms with Crippen LogP contribution >= 0.6 is 0 Å². The van der Waals surface area contributed by atoms with E-state index in [0.29, 0.717) is 34.0 Å². The van der Waals surface area contributed by atoms with Crippen molar-refractivity contribution in [2.45, 2.75) is 27.7 Å². The first-order valence-corrected chi connectivity index (χ1v) is 13.6. The normalized spacial score (nSPS) is 14.0. The summed E-state index contributed by atoms with van der Waals surface area (Å²) in [6.45, 7) is 7.95. The molecule has 0 fully saturated rings. The molecule has 2 heterocycles. The SMILES string of the molecule is Cc1cccc(N2C(=O)c3ccc(OCCOc4ccc5c(c4)C(=O)N(c4cccc(C)c4C)C5=O)cc3C2=O)c1C. The average molecular weight is 561 g/mol.